The van der Waals surface area contributed by atoms with Crippen molar-refractivity contribution in [2.75, 3.05) is 5.32 Å². The van der Waals surface area contributed by atoms with Gasteiger partial charge in [0.15, 0.2) is 5.75 Å². The van der Waals surface area contributed by atoms with Gasteiger partial charge in [-0.15, -0.1) is 0 Å². The number of alkyl halides is 3. The molecule has 0 atom stereocenters. The Balaban J connectivity index is 1.99. The number of rotatable bonds is 4. The molecule has 0 aliphatic carbocycles. The van der Waals surface area contributed by atoms with E-state index in [1.165, 1.54) is 25.3 Å². The van der Waals surface area contributed by atoms with E-state index in [9.17, 15) is 27.2 Å². The number of ether oxygens (including phenoxy) is 1. The quantitative estimate of drug-likeness (QED) is 0.607. The topological polar surface area (TPSA) is 71.2 Å². The van der Waals surface area contributed by atoms with Gasteiger partial charge in [0.2, 0.25) is 5.56 Å². The normalized spacial score (nSPS) is 11.2. The van der Waals surface area contributed by atoms with Crippen LogP contribution in [0.1, 0.15) is 21.5 Å². The van der Waals surface area contributed by atoms with Crippen molar-refractivity contribution in [3.63, 3.8) is 0 Å². The van der Waals surface area contributed by atoms with Crippen molar-refractivity contribution < 1.29 is 27.1 Å². The van der Waals surface area contributed by atoms with Gasteiger partial charge in [-0.1, -0.05) is 0 Å². The number of aryl methyl sites for hydroxylation is 1. The van der Waals surface area contributed by atoms with Crippen molar-refractivity contribution in [3.8, 4) is 11.5 Å². The van der Waals surface area contributed by atoms with Crippen LogP contribution in [0.5, 0.6) is 11.5 Å². The molecule has 1 aromatic heterocycles. The minimum atomic E-state index is -4.63. The largest absolute Gasteiger partial charge is 0.455 e. The van der Waals surface area contributed by atoms with Crippen molar-refractivity contribution in [3.05, 3.63) is 87.6 Å². The molecule has 0 spiro atoms. The fourth-order valence-corrected chi connectivity index (χ4v) is 2.51. The molecule has 0 saturated heterocycles. The van der Waals surface area contributed by atoms with Gasteiger partial charge in [0.25, 0.3) is 5.91 Å². The second-order valence-corrected chi connectivity index (χ2v) is 6.12. The van der Waals surface area contributed by atoms with Crippen LogP contribution in [0.2, 0.25) is 0 Å². The van der Waals surface area contributed by atoms with Crippen molar-refractivity contribution in [2.24, 2.45) is 0 Å². The number of aromatic nitrogens is 1. The molecule has 0 aliphatic heterocycles. The lowest BCUT2D eigenvalue weighted by Gasteiger charge is -2.16. The number of carbonyl (C=O) groups is 1. The molecule has 150 valence electrons. The lowest BCUT2D eigenvalue weighted by molar-refractivity contribution is -0.137. The summed E-state index contributed by atoms with van der Waals surface area (Å²) in [6.45, 7) is 1.53. The zero-order valence-corrected chi connectivity index (χ0v) is 14.9. The number of hydrogen-bond acceptors (Lipinski definition) is 3. The average Bonchev–Trinajstić information content (AvgIpc) is 2.64. The van der Waals surface area contributed by atoms with E-state index in [4.69, 9.17) is 4.74 Å². The fraction of sp³-hybridized carbons (Fsp3) is 0.100. The molecule has 3 aromatic rings. The van der Waals surface area contributed by atoms with Crippen molar-refractivity contribution >= 4 is 11.6 Å². The Morgan fingerprint density at radius 2 is 1.79 bits per heavy atom. The molecule has 0 saturated carbocycles. The third kappa shape index (κ3) is 4.81. The second kappa shape index (κ2) is 7.78. The summed E-state index contributed by atoms with van der Waals surface area (Å²) < 4.78 is 58.2. The monoisotopic (exact) mass is 406 g/mol. The molecule has 1 amide bonds. The number of pyridine rings is 1. The van der Waals surface area contributed by atoms with Gasteiger partial charge in [0.1, 0.15) is 11.6 Å². The van der Waals surface area contributed by atoms with Crippen LogP contribution in [0.4, 0.5) is 23.2 Å². The van der Waals surface area contributed by atoms with Crippen molar-refractivity contribution in [1.29, 1.82) is 0 Å². The molecule has 5 nitrogen and oxygen atoms in total. The van der Waals surface area contributed by atoms with Crippen LogP contribution in [-0.2, 0) is 6.18 Å². The van der Waals surface area contributed by atoms with Gasteiger partial charge in [-0.2, -0.15) is 13.2 Å². The van der Waals surface area contributed by atoms with Gasteiger partial charge in [0, 0.05) is 17.8 Å². The standard InChI is InChI=1S/C20H14F4N2O3/c1-11-8-14(21)3-5-16(11)29-17-10-13(20(22,23)24)2-4-15(17)26-19(28)12-6-7-25-18(27)9-12/h2-10H,1H3,(H,25,27)(H,26,28). The number of H-pyrrole nitrogens is 1. The fourth-order valence-electron chi connectivity index (χ4n) is 2.51. The maximum absolute atomic E-state index is 13.3. The summed E-state index contributed by atoms with van der Waals surface area (Å²) >= 11 is 0. The summed E-state index contributed by atoms with van der Waals surface area (Å²) in [5.41, 5.74) is -1.18. The smallest absolute Gasteiger partial charge is 0.416 e. The Kier molecular flexibility index (Phi) is 5.40. The minimum Gasteiger partial charge on any atom is -0.455 e. The summed E-state index contributed by atoms with van der Waals surface area (Å²) in [6, 6.07) is 8.49. The highest BCUT2D eigenvalue weighted by Crippen LogP contribution is 2.38. The average molecular weight is 406 g/mol. The number of nitrogens with one attached hydrogen (secondary N) is 2. The lowest BCUT2D eigenvalue weighted by Crippen LogP contribution is -2.16. The number of hydrogen-bond donors (Lipinski definition) is 2. The first-order valence-corrected chi connectivity index (χ1v) is 8.29. The minimum absolute atomic E-state index is 0.0116. The van der Waals surface area contributed by atoms with E-state index in [-0.39, 0.29) is 22.7 Å². The molecule has 1 heterocycles. The van der Waals surface area contributed by atoms with Gasteiger partial charge < -0.3 is 15.0 Å². The number of benzene rings is 2. The number of halogens is 4. The Bertz CT molecular complexity index is 1120. The van der Waals surface area contributed by atoms with Gasteiger partial charge >= 0.3 is 6.18 Å². The van der Waals surface area contributed by atoms with Crippen LogP contribution in [0, 0.1) is 12.7 Å². The molecule has 0 bridgehead atoms. The van der Waals surface area contributed by atoms with Crippen LogP contribution in [0.3, 0.4) is 0 Å². The van der Waals surface area contributed by atoms with Crippen LogP contribution < -0.4 is 15.6 Å². The van der Waals surface area contributed by atoms with E-state index < -0.39 is 29.0 Å². The second-order valence-electron chi connectivity index (χ2n) is 6.12. The van der Waals surface area contributed by atoms with Gasteiger partial charge in [-0.25, -0.2) is 4.39 Å². The van der Waals surface area contributed by atoms with E-state index in [1.54, 1.807) is 0 Å². The summed E-state index contributed by atoms with van der Waals surface area (Å²) in [6.07, 6.45) is -3.37. The van der Waals surface area contributed by atoms with Gasteiger partial charge in [-0.3, -0.25) is 9.59 Å². The van der Waals surface area contributed by atoms with Crippen LogP contribution in [-0.4, -0.2) is 10.9 Å². The summed E-state index contributed by atoms with van der Waals surface area (Å²) in [5, 5.41) is 2.43. The molecule has 2 N–H and O–H groups in total. The molecule has 29 heavy (non-hydrogen) atoms. The van der Waals surface area contributed by atoms with Gasteiger partial charge in [0.05, 0.1) is 11.3 Å². The number of carbonyl (C=O) groups excluding carboxylic acids is 1. The van der Waals surface area contributed by atoms with E-state index in [0.29, 0.717) is 5.56 Å². The molecule has 3 rings (SSSR count). The third-order valence-corrected chi connectivity index (χ3v) is 3.95. The SMILES string of the molecule is Cc1cc(F)ccc1Oc1cc(C(F)(F)F)ccc1NC(=O)c1cc[nH]c(=O)c1. The van der Waals surface area contributed by atoms with E-state index in [0.717, 1.165) is 36.4 Å². The predicted molar refractivity (Wildman–Crippen MR) is 97.7 cm³/mol. The maximum atomic E-state index is 13.3. The zero-order valence-electron chi connectivity index (χ0n) is 14.9. The Morgan fingerprint density at radius 3 is 2.45 bits per heavy atom. The molecule has 0 radical (unpaired) electrons. The van der Waals surface area contributed by atoms with Crippen LogP contribution in [0.25, 0.3) is 0 Å². The number of anilines is 1. The van der Waals surface area contributed by atoms with E-state index in [2.05, 4.69) is 10.3 Å². The van der Waals surface area contributed by atoms with E-state index in [1.807, 2.05) is 0 Å². The summed E-state index contributed by atoms with van der Waals surface area (Å²) in [7, 11) is 0. The van der Waals surface area contributed by atoms with E-state index >= 15 is 0 Å². The first-order chi connectivity index (χ1) is 13.6. The zero-order chi connectivity index (χ0) is 21.2. The molecular formula is C20H14F4N2O3. The number of amides is 1. The van der Waals surface area contributed by atoms with Crippen molar-refractivity contribution in [2.45, 2.75) is 13.1 Å². The molecule has 0 aliphatic rings. The molecule has 0 unspecified atom stereocenters. The predicted octanol–water partition coefficient (Wildman–Crippen LogP) is 4.89. The first-order valence-electron chi connectivity index (χ1n) is 8.29. The summed E-state index contributed by atoms with van der Waals surface area (Å²) in [5.74, 6) is -1.40. The first kappa shape index (κ1) is 20.1. The maximum Gasteiger partial charge on any atom is 0.416 e. The van der Waals surface area contributed by atoms with Gasteiger partial charge in [-0.05, 0) is 55.0 Å². The van der Waals surface area contributed by atoms with Crippen molar-refractivity contribution in [1.82, 2.24) is 4.98 Å². The molecule has 0 fully saturated rings. The Hall–Kier alpha value is -3.62. The Labute approximate surface area is 162 Å². The van der Waals surface area contributed by atoms with Crippen LogP contribution in [0.15, 0.2) is 59.5 Å². The number of aromatic amines is 1. The third-order valence-electron chi connectivity index (χ3n) is 3.95. The van der Waals surface area contributed by atoms with Crippen LogP contribution >= 0.6 is 0 Å². The summed E-state index contributed by atoms with van der Waals surface area (Å²) in [4.78, 5) is 26.1. The molecule has 2 aromatic carbocycles. The molecular weight excluding hydrogens is 392 g/mol. The highest BCUT2D eigenvalue weighted by molar-refractivity contribution is 6.05. The Morgan fingerprint density at radius 1 is 1.03 bits per heavy atom. The lowest BCUT2D eigenvalue weighted by atomic mass is 10.1. The molecule has 9 heteroatoms. The highest BCUT2D eigenvalue weighted by atomic mass is 19.4. The highest BCUT2D eigenvalue weighted by Gasteiger charge is 2.31.